The molecule has 1 rings (SSSR count). The molecule has 16 heavy (non-hydrogen) atoms. The summed E-state index contributed by atoms with van der Waals surface area (Å²) < 4.78 is 0. The van der Waals surface area contributed by atoms with Crippen molar-refractivity contribution in [3.05, 3.63) is 23.8 Å². The first-order chi connectivity index (χ1) is 7.31. The van der Waals surface area contributed by atoms with Crippen LogP contribution in [-0.2, 0) is 0 Å². The van der Waals surface area contributed by atoms with Crippen molar-refractivity contribution < 1.29 is 5.11 Å². The minimum Gasteiger partial charge on any atom is -0.386 e. The summed E-state index contributed by atoms with van der Waals surface area (Å²) in [4.78, 5) is 0. The molecule has 0 amide bonds. The molecule has 1 nitrogen and oxygen atoms in total. The largest absolute Gasteiger partial charge is 0.386 e. The van der Waals surface area contributed by atoms with Gasteiger partial charge in [-0.15, -0.1) is 0 Å². The lowest BCUT2D eigenvalue weighted by atomic mass is 9.85. The van der Waals surface area contributed by atoms with Gasteiger partial charge in [-0.3, -0.25) is 0 Å². The highest BCUT2D eigenvalue weighted by atomic mass is 16.3. The fraction of sp³-hybridized carbons (Fsp3) is 0.733. The summed E-state index contributed by atoms with van der Waals surface area (Å²) in [5, 5.41) is 10.2. The van der Waals surface area contributed by atoms with Crippen molar-refractivity contribution in [2.75, 3.05) is 0 Å². The molecule has 92 valence electrons. The van der Waals surface area contributed by atoms with Crippen molar-refractivity contribution in [3.8, 4) is 0 Å². The van der Waals surface area contributed by atoms with E-state index in [0.717, 1.165) is 12.8 Å². The summed E-state index contributed by atoms with van der Waals surface area (Å²) in [5.74, 6) is 0. The molecule has 0 aromatic heterocycles. The molecule has 0 fully saturated rings. The Kier molecular flexibility index (Phi) is 4.37. The lowest BCUT2D eigenvalue weighted by Gasteiger charge is -2.23. The van der Waals surface area contributed by atoms with Gasteiger partial charge < -0.3 is 5.11 Å². The highest BCUT2D eigenvalue weighted by molar-refractivity contribution is 5.07. The van der Waals surface area contributed by atoms with Crippen LogP contribution in [0.3, 0.4) is 0 Å². The Morgan fingerprint density at radius 1 is 1.12 bits per heavy atom. The van der Waals surface area contributed by atoms with Crippen LogP contribution in [0.2, 0.25) is 0 Å². The SMILES string of the molecule is CC1=CCCC(C)(O)/C=C/C(C)(C)CCC1. The molecular weight excluding hydrogens is 196 g/mol. The predicted octanol–water partition coefficient (Wildman–Crippen LogP) is 4.23. The van der Waals surface area contributed by atoms with Gasteiger partial charge in [0.1, 0.15) is 0 Å². The van der Waals surface area contributed by atoms with Gasteiger partial charge in [0.15, 0.2) is 0 Å². The quantitative estimate of drug-likeness (QED) is 0.608. The van der Waals surface area contributed by atoms with E-state index in [0.29, 0.717) is 0 Å². The number of hydrogen-bond donors (Lipinski definition) is 1. The van der Waals surface area contributed by atoms with Gasteiger partial charge in [0.05, 0.1) is 5.60 Å². The zero-order chi connectivity index (χ0) is 12.2. The molecule has 0 radical (unpaired) electrons. The van der Waals surface area contributed by atoms with Crippen LogP contribution in [0.4, 0.5) is 0 Å². The van der Waals surface area contributed by atoms with E-state index in [1.54, 1.807) is 0 Å². The molecule has 0 bridgehead atoms. The average Bonchev–Trinajstić information content (AvgIpc) is 2.15. The Labute approximate surface area is 100 Å². The maximum Gasteiger partial charge on any atom is 0.0802 e. The summed E-state index contributed by atoms with van der Waals surface area (Å²) in [6.45, 7) is 8.60. The second-order valence-electron chi connectivity index (χ2n) is 6.12. The monoisotopic (exact) mass is 222 g/mol. The van der Waals surface area contributed by atoms with Crippen LogP contribution in [0, 0.1) is 5.41 Å². The van der Waals surface area contributed by atoms with Gasteiger partial charge in [0.25, 0.3) is 0 Å². The van der Waals surface area contributed by atoms with Crippen molar-refractivity contribution >= 4 is 0 Å². The van der Waals surface area contributed by atoms with Crippen LogP contribution in [-0.4, -0.2) is 10.7 Å². The van der Waals surface area contributed by atoms with Crippen molar-refractivity contribution in [2.45, 2.75) is 65.4 Å². The van der Waals surface area contributed by atoms with E-state index in [2.05, 4.69) is 32.9 Å². The Hall–Kier alpha value is -0.560. The Morgan fingerprint density at radius 3 is 2.50 bits per heavy atom. The molecule has 0 heterocycles. The van der Waals surface area contributed by atoms with E-state index in [4.69, 9.17) is 0 Å². The molecule has 0 saturated carbocycles. The molecule has 0 aliphatic heterocycles. The number of rotatable bonds is 0. The normalized spacial score (nSPS) is 33.7. The summed E-state index contributed by atoms with van der Waals surface area (Å²) in [5.41, 5.74) is 1.01. The zero-order valence-electron chi connectivity index (χ0n) is 11.2. The molecule has 1 heteroatoms. The van der Waals surface area contributed by atoms with Crippen molar-refractivity contribution in [2.24, 2.45) is 5.41 Å². The molecule has 1 aliphatic carbocycles. The fourth-order valence-corrected chi connectivity index (χ4v) is 2.11. The lowest BCUT2D eigenvalue weighted by molar-refractivity contribution is 0.102. The smallest absolute Gasteiger partial charge is 0.0802 e. The second-order valence-corrected chi connectivity index (χ2v) is 6.12. The van der Waals surface area contributed by atoms with E-state index < -0.39 is 5.60 Å². The maximum absolute atomic E-state index is 10.2. The highest BCUT2D eigenvalue weighted by Crippen LogP contribution is 2.29. The van der Waals surface area contributed by atoms with E-state index in [-0.39, 0.29) is 5.41 Å². The lowest BCUT2D eigenvalue weighted by Crippen LogP contribution is -2.21. The molecule has 1 N–H and O–H groups in total. The van der Waals surface area contributed by atoms with Crippen LogP contribution < -0.4 is 0 Å². The first-order valence-corrected chi connectivity index (χ1v) is 6.39. The third kappa shape index (κ3) is 4.98. The van der Waals surface area contributed by atoms with Crippen LogP contribution in [0.25, 0.3) is 0 Å². The van der Waals surface area contributed by atoms with Crippen molar-refractivity contribution in [1.82, 2.24) is 0 Å². The van der Waals surface area contributed by atoms with Gasteiger partial charge >= 0.3 is 0 Å². The first-order valence-electron chi connectivity index (χ1n) is 6.39. The molecule has 0 aromatic carbocycles. The van der Waals surface area contributed by atoms with Crippen LogP contribution in [0.1, 0.15) is 59.8 Å². The van der Waals surface area contributed by atoms with Gasteiger partial charge in [-0.2, -0.15) is 0 Å². The van der Waals surface area contributed by atoms with Crippen LogP contribution in [0.5, 0.6) is 0 Å². The summed E-state index contributed by atoms with van der Waals surface area (Å²) >= 11 is 0. The van der Waals surface area contributed by atoms with Gasteiger partial charge in [0, 0.05) is 0 Å². The Bertz CT molecular complexity index is 282. The van der Waals surface area contributed by atoms with Crippen molar-refractivity contribution in [3.63, 3.8) is 0 Å². The summed E-state index contributed by atoms with van der Waals surface area (Å²) in [7, 11) is 0. The molecule has 1 atom stereocenters. The first kappa shape index (κ1) is 13.5. The molecule has 0 saturated heterocycles. The number of hydrogen-bond acceptors (Lipinski definition) is 1. The fourth-order valence-electron chi connectivity index (χ4n) is 2.11. The van der Waals surface area contributed by atoms with E-state index in [1.807, 2.05) is 13.0 Å². The van der Waals surface area contributed by atoms with E-state index >= 15 is 0 Å². The standard InChI is InChI=1S/C15H26O/c1-13-7-5-9-14(2,3)11-12-15(4,16)10-6-8-13/h8,11-12,16H,5-7,9-10H2,1-4H3/b12-11+,13-8?. The third-order valence-corrected chi connectivity index (χ3v) is 3.43. The molecule has 1 aliphatic rings. The van der Waals surface area contributed by atoms with Gasteiger partial charge in [-0.05, 0) is 51.4 Å². The summed E-state index contributed by atoms with van der Waals surface area (Å²) in [6.07, 6.45) is 11.9. The maximum atomic E-state index is 10.2. The minimum atomic E-state index is -0.654. The molecule has 0 aromatic rings. The van der Waals surface area contributed by atoms with Gasteiger partial charge in [0.2, 0.25) is 0 Å². The van der Waals surface area contributed by atoms with E-state index in [9.17, 15) is 5.11 Å². The van der Waals surface area contributed by atoms with Crippen molar-refractivity contribution in [1.29, 1.82) is 0 Å². The minimum absolute atomic E-state index is 0.203. The van der Waals surface area contributed by atoms with Gasteiger partial charge in [-0.25, -0.2) is 0 Å². The summed E-state index contributed by atoms with van der Waals surface area (Å²) in [6, 6.07) is 0. The highest BCUT2D eigenvalue weighted by Gasteiger charge is 2.20. The average molecular weight is 222 g/mol. The predicted molar refractivity (Wildman–Crippen MR) is 70.4 cm³/mol. The Morgan fingerprint density at radius 2 is 1.81 bits per heavy atom. The van der Waals surface area contributed by atoms with E-state index in [1.165, 1.54) is 24.8 Å². The van der Waals surface area contributed by atoms with Crippen LogP contribution in [0.15, 0.2) is 23.8 Å². The zero-order valence-corrected chi connectivity index (χ0v) is 11.2. The molecule has 0 spiro atoms. The topological polar surface area (TPSA) is 20.2 Å². The third-order valence-electron chi connectivity index (χ3n) is 3.43. The molecule has 1 unspecified atom stereocenters. The van der Waals surface area contributed by atoms with Gasteiger partial charge in [-0.1, -0.05) is 37.6 Å². The number of aliphatic hydroxyl groups is 1. The Balaban J connectivity index is 2.80. The number of allylic oxidation sites excluding steroid dienone is 3. The van der Waals surface area contributed by atoms with Crippen LogP contribution >= 0.6 is 0 Å². The second kappa shape index (κ2) is 5.18. The molecular formula is C15H26O.